The van der Waals surface area contributed by atoms with Gasteiger partial charge in [-0.1, -0.05) is 24.3 Å². The Bertz CT molecular complexity index is 877. The number of hydrogen-bond donors (Lipinski definition) is 1. The predicted octanol–water partition coefficient (Wildman–Crippen LogP) is 4.61. The van der Waals surface area contributed by atoms with Gasteiger partial charge in [0.05, 0.1) is 13.0 Å². The molecule has 1 N–H and O–H groups in total. The molecule has 0 spiro atoms. The van der Waals surface area contributed by atoms with Gasteiger partial charge in [0.15, 0.2) is 0 Å². The Hall–Kier alpha value is -2.47. The lowest BCUT2D eigenvalue weighted by Crippen LogP contribution is -2.38. The van der Waals surface area contributed by atoms with Gasteiger partial charge in [-0.25, -0.2) is 0 Å². The van der Waals surface area contributed by atoms with Crippen LogP contribution in [0.15, 0.2) is 42.5 Å². The van der Waals surface area contributed by atoms with Crippen molar-refractivity contribution in [3.05, 3.63) is 59.2 Å². The SMILES string of the molecule is Cc1ccc(C)c(OCCCCC(=O)Nc2ccc(CC(=O)N3CCSCC3)cc2)c1. The lowest BCUT2D eigenvalue weighted by Gasteiger charge is -2.26. The summed E-state index contributed by atoms with van der Waals surface area (Å²) in [5, 5.41) is 2.93. The molecule has 0 aliphatic carbocycles. The summed E-state index contributed by atoms with van der Waals surface area (Å²) in [4.78, 5) is 26.5. The molecular weight excluding hydrogens is 408 g/mol. The van der Waals surface area contributed by atoms with E-state index in [9.17, 15) is 9.59 Å². The van der Waals surface area contributed by atoms with Crippen LogP contribution in [0.4, 0.5) is 5.69 Å². The van der Waals surface area contributed by atoms with Gasteiger partial charge in [-0.15, -0.1) is 0 Å². The molecule has 5 nitrogen and oxygen atoms in total. The number of nitrogens with zero attached hydrogens (tertiary/aromatic N) is 1. The number of thioether (sulfide) groups is 1. The number of ether oxygens (including phenoxy) is 1. The Morgan fingerprint density at radius 3 is 2.52 bits per heavy atom. The number of carbonyl (C=O) groups is 2. The van der Waals surface area contributed by atoms with Crippen LogP contribution in [0.2, 0.25) is 0 Å². The molecule has 0 bridgehead atoms. The number of aryl methyl sites for hydroxylation is 2. The summed E-state index contributed by atoms with van der Waals surface area (Å²) >= 11 is 1.90. The molecule has 6 heteroatoms. The van der Waals surface area contributed by atoms with Crippen molar-refractivity contribution in [3.8, 4) is 5.75 Å². The quantitative estimate of drug-likeness (QED) is 0.579. The first-order chi connectivity index (χ1) is 15.0. The molecule has 1 saturated heterocycles. The van der Waals surface area contributed by atoms with E-state index in [-0.39, 0.29) is 11.8 Å². The zero-order valence-electron chi connectivity index (χ0n) is 18.5. The maximum atomic E-state index is 12.4. The average Bonchev–Trinajstić information content (AvgIpc) is 2.77. The van der Waals surface area contributed by atoms with Crippen molar-refractivity contribution in [2.75, 3.05) is 36.5 Å². The van der Waals surface area contributed by atoms with E-state index in [1.54, 1.807) is 0 Å². The number of nitrogens with one attached hydrogen (secondary N) is 1. The van der Waals surface area contributed by atoms with Gasteiger partial charge >= 0.3 is 0 Å². The minimum atomic E-state index is 0.00128. The van der Waals surface area contributed by atoms with Gasteiger partial charge in [-0.2, -0.15) is 11.8 Å². The molecule has 1 fully saturated rings. The fourth-order valence-electron chi connectivity index (χ4n) is 3.46. The Morgan fingerprint density at radius 1 is 1.03 bits per heavy atom. The van der Waals surface area contributed by atoms with Crippen LogP contribution in [0.3, 0.4) is 0 Å². The smallest absolute Gasteiger partial charge is 0.227 e. The maximum absolute atomic E-state index is 12.4. The molecule has 3 rings (SSSR count). The van der Waals surface area contributed by atoms with Gasteiger partial charge in [-0.05, 0) is 61.6 Å². The molecule has 0 aromatic heterocycles. The highest BCUT2D eigenvalue weighted by molar-refractivity contribution is 7.99. The number of hydrogen-bond acceptors (Lipinski definition) is 4. The number of carbonyl (C=O) groups excluding carboxylic acids is 2. The van der Waals surface area contributed by atoms with Gasteiger partial charge < -0.3 is 15.0 Å². The second-order valence-corrected chi connectivity index (χ2v) is 9.21. The highest BCUT2D eigenvalue weighted by Gasteiger charge is 2.16. The third-order valence-corrected chi connectivity index (χ3v) is 6.30. The van der Waals surface area contributed by atoms with Crippen LogP contribution in [-0.2, 0) is 16.0 Å². The van der Waals surface area contributed by atoms with E-state index in [0.29, 0.717) is 19.4 Å². The van der Waals surface area contributed by atoms with Crippen molar-refractivity contribution in [1.29, 1.82) is 0 Å². The number of amides is 2. The minimum absolute atomic E-state index is 0.00128. The molecule has 0 saturated carbocycles. The Morgan fingerprint density at radius 2 is 1.77 bits per heavy atom. The lowest BCUT2D eigenvalue weighted by molar-refractivity contribution is -0.130. The molecule has 31 heavy (non-hydrogen) atoms. The van der Waals surface area contributed by atoms with Gasteiger partial charge in [0.1, 0.15) is 5.75 Å². The molecular formula is C25H32N2O3S. The van der Waals surface area contributed by atoms with Crippen molar-refractivity contribution in [3.63, 3.8) is 0 Å². The lowest BCUT2D eigenvalue weighted by atomic mass is 10.1. The van der Waals surface area contributed by atoms with Gasteiger partial charge in [0.25, 0.3) is 0 Å². The third-order valence-electron chi connectivity index (χ3n) is 5.36. The summed E-state index contributed by atoms with van der Waals surface area (Å²) in [6.07, 6.45) is 2.48. The Labute approximate surface area is 189 Å². The largest absolute Gasteiger partial charge is 0.493 e. The molecule has 0 atom stereocenters. The standard InChI is InChI=1S/C25H32N2O3S/c1-19-6-7-20(2)23(17-19)30-14-4-3-5-24(28)26-22-10-8-21(9-11-22)18-25(29)27-12-15-31-16-13-27/h6-11,17H,3-5,12-16,18H2,1-2H3,(H,26,28). The van der Waals surface area contributed by atoms with E-state index >= 15 is 0 Å². The topological polar surface area (TPSA) is 58.6 Å². The van der Waals surface area contributed by atoms with Gasteiger partial charge in [0.2, 0.25) is 11.8 Å². The zero-order chi connectivity index (χ0) is 22.1. The van der Waals surface area contributed by atoms with E-state index in [1.807, 2.05) is 53.9 Å². The molecule has 2 amide bonds. The van der Waals surface area contributed by atoms with E-state index < -0.39 is 0 Å². The predicted molar refractivity (Wildman–Crippen MR) is 128 cm³/mol. The van der Waals surface area contributed by atoms with Crippen molar-refractivity contribution in [2.45, 2.75) is 39.5 Å². The van der Waals surface area contributed by atoms with E-state index in [4.69, 9.17) is 4.74 Å². The van der Waals surface area contributed by atoms with Crippen LogP contribution in [0.1, 0.15) is 36.0 Å². The normalized spacial score (nSPS) is 13.7. The first-order valence-corrected chi connectivity index (χ1v) is 12.1. The summed E-state index contributed by atoms with van der Waals surface area (Å²) < 4.78 is 5.84. The highest BCUT2D eigenvalue weighted by Crippen LogP contribution is 2.19. The van der Waals surface area contributed by atoms with Crippen LogP contribution >= 0.6 is 11.8 Å². The fraction of sp³-hybridized carbons (Fsp3) is 0.440. The second kappa shape index (κ2) is 11.8. The number of rotatable bonds is 9. The number of unbranched alkanes of at least 4 members (excludes halogenated alkanes) is 1. The van der Waals surface area contributed by atoms with Crippen molar-refractivity contribution in [2.24, 2.45) is 0 Å². The van der Waals surface area contributed by atoms with Crippen LogP contribution in [0.5, 0.6) is 5.75 Å². The summed E-state index contributed by atoms with van der Waals surface area (Å²) in [5.74, 6) is 3.15. The summed E-state index contributed by atoms with van der Waals surface area (Å²) in [5.41, 5.74) is 4.05. The van der Waals surface area contributed by atoms with Crippen LogP contribution < -0.4 is 10.1 Å². The van der Waals surface area contributed by atoms with E-state index in [0.717, 1.165) is 60.0 Å². The molecule has 1 heterocycles. The van der Waals surface area contributed by atoms with E-state index in [1.165, 1.54) is 5.56 Å². The molecule has 0 radical (unpaired) electrons. The summed E-state index contributed by atoms with van der Waals surface area (Å²) in [6, 6.07) is 13.8. The van der Waals surface area contributed by atoms with Crippen LogP contribution in [0.25, 0.3) is 0 Å². The molecule has 1 aliphatic rings. The van der Waals surface area contributed by atoms with Gasteiger partial charge in [-0.3, -0.25) is 9.59 Å². The monoisotopic (exact) mass is 440 g/mol. The first kappa shape index (κ1) is 23.2. The Kier molecular flexibility index (Phi) is 8.83. The van der Waals surface area contributed by atoms with Crippen LogP contribution in [0, 0.1) is 13.8 Å². The van der Waals surface area contributed by atoms with Gasteiger partial charge in [0, 0.05) is 36.7 Å². The number of anilines is 1. The first-order valence-electron chi connectivity index (χ1n) is 11.0. The van der Waals surface area contributed by atoms with E-state index in [2.05, 4.69) is 24.4 Å². The third kappa shape index (κ3) is 7.62. The minimum Gasteiger partial charge on any atom is -0.493 e. The van der Waals surface area contributed by atoms with Crippen molar-refractivity contribution in [1.82, 2.24) is 4.90 Å². The fourth-order valence-corrected chi connectivity index (χ4v) is 4.36. The summed E-state index contributed by atoms with van der Waals surface area (Å²) in [6.45, 7) is 6.38. The Balaban J connectivity index is 1.34. The zero-order valence-corrected chi connectivity index (χ0v) is 19.3. The molecule has 0 unspecified atom stereocenters. The summed E-state index contributed by atoms with van der Waals surface area (Å²) in [7, 11) is 0. The van der Waals surface area contributed by atoms with Crippen molar-refractivity contribution >= 4 is 29.3 Å². The number of benzene rings is 2. The average molecular weight is 441 g/mol. The maximum Gasteiger partial charge on any atom is 0.227 e. The molecule has 1 aliphatic heterocycles. The molecule has 2 aromatic carbocycles. The van der Waals surface area contributed by atoms with Crippen molar-refractivity contribution < 1.29 is 14.3 Å². The molecule has 2 aromatic rings. The van der Waals surface area contributed by atoms with Crippen LogP contribution in [-0.4, -0.2) is 47.9 Å². The second-order valence-electron chi connectivity index (χ2n) is 7.99. The molecule has 166 valence electrons. The highest BCUT2D eigenvalue weighted by atomic mass is 32.2.